The summed E-state index contributed by atoms with van der Waals surface area (Å²) in [5.74, 6) is -0.396. The highest BCUT2D eigenvalue weighted by molar-refractivity contribution is 5.89. The number of carboxylic acids is 1. The van der Waals surface area contributed by atoms with Gasteiger partial charge in [-0.05, 0) is 38.0 Å². The van der Waals surface area contributed by atoms with Crippen LogP contribution in [0.2, 0.25) is 0 Å². The van der Waals surface area contributed by atoms with Gasteiger partial charge in [-0.2, -0.15) is 0 Å². The van der Waals surface area contributed by atoms with E-state index in [1.807, 2.05) is 13.0 Å². The molecule has 1 aliphatic heterocycles. The van der Waals surface area contributed by atoms with Crippen molar-refractivity contribution in [3.8, 4) is 0 Å². The van der Waals surface area contributed by atoms with Crippen LogP contribution < -0.4 is 5.32 Å². The molecular formula is C14H19NO3. The summed E-state index contributed by atoms with van der Waals surface area (Å²) in [6.45, 7) is 5.70. The lowest BCUT2D eigenvalue weighted by molar-refractivity contribution is 0.0697. The number of hydrogen-bond acceptors (Lipinski definition) is 3. The first-order chi connectivity index (χ1) is 8.58. The number of rotatable bonds is 4. The SMILES string of the molecule is Cc1ccc(C(=O)O)cc1NC(C)C1CCOC1. The summed E-state index contributed by atoms with van der Waals surface area (Å²) in [6, 6.07) is 5.45. The fourth-order valence-corrected chi connectivity index (χ4v) is 2.22. The standard InChI is InChI=1S/C14H19NO3/c1-9-3-4-11(14(16)17)7-13(9)15-10(2)12-5-6-18-8-12/h3-4,7,10,12,15H,5-6,8H2,1-2H3,(H,16,17). The predicted molar refractivity (Wildman–Crippen MR) is 70.1 cm³/mol. The molecule has 4 nitrogen and oxygen atoms in total. The van der Waals surface area contributed by atoms with Crippen LogP contribution in [0.4, 0.5) is 5.69 Å². The Bertz CT molecular complexity index is 439. The molecule has 18 heavy (non-hydrogen) atoms. The number of carboxylic acid groups (broad SMARTS) is 1. The van der Waals surface area contributed by atoms with Crippen LogP contribution in [-0.4, -0.2) is 30.3 Å². The van der Waals surface area contributed by atoms with E-state index < -0.39 is 5.97 Å². The van der Waals surface area contributed by atoms with Crippen molar-refractivity contribution in [3.63, 3.8) is 0 Å². The van der Waals surface area contributed by atoms with Gasteiger partial charge < -0.3 is 15.2 Å². The molecule has 0 spiro atoms. The first kappa shape index (κ1) is 12.9. The molecule has 0 radical (unpaired) electrons. The number of aromatic carboxylic acids is 1. The van der Waals surface area contributed by atoms with Gasteiger partial charge >= 0.3 is 5.97 Å². The zero-order chi connectivity index (χ0) is 13.1. The second kappa shape index (κ2) is 5.40. The van der Waals surface area contributed by atoms with Crippen molar-refractivity contribution >= 4 is 11.7 Å². The molecular weight excluding hydrogens is 230 g/mol. The molecule has 0 saturated carbocycles. The zero-order valence-electron chi connectivity index (χ0n) is 10.8. The van der Waals surface area contributed by atoms with E-state index in [9.17, 15) is 4.79 Å². The monoisotopic (exact) mass is 249 g/mol. The van der Waals surface area contributed by atoms with Gasteiger partial charge in [0, 0.05) is 24.3 Å². The van der Waals surface area contributed by atoms with Crippen LogP contribution in [0, 0.1) is 12.8 Å². The summed E-state index contributed by atoms with van der Waals surface area (Å²) in [5.41, 5.74) is 2.28. The number of benzene rings is 1. The van der Waals surface area contributed by atoms with E-state index in [0.717, 1.165) is 30.9 Å². The summed E-state index contributed by atoms with van der Waals surface area (Å²) in [7, 11) is 0. The third-order valence-electron chi connectivity index (χ3n) is 3.54. The molecule has 1 fully saturated rings. The van der Waals surface area contributed by atoms with E-state index in [0.29, 0.717) is 11.5 Å². The molecule has 2 unspecified atom stereocenters. The Kier molecular flexibility index (Phi) is 3.87. The van der Waals surface area contributed by atoms with Gasteiger partial charge in [0.15, 0.2) is 0 Å². The van der Waals surface area contributed by atoms with E-state index in [-0.39, 0.29) is 6.04 Å². The Hall–Kier alpha value is -1.55. The quantitative estimate of drug-likeness (QED) is 0.861. The molecule has 2 atom stereocenters. The normalized spacial score (nSPS) is 20.7. The van der Waals surface area contributed by atoms with Gasteiger partial charge in [-0.3, -0.25) is 0 Å². The molecule has 0 bridgehead atoms. The van der Waals surface area contributed by atoms with E-state index in [1.165, 1.54) is 0 Å². The smallest absolute Gasteiger partial charge is 0.335 e. The third kappa shape index (κ3) is 2.82. The molecule has 1 saturated heterocycles. The van der Waals surface area contributed by atoms with Crippen LogP contribution in [0.25, 0.3) is 0 Å². The minimum atomic E-state index is -0.894. The highest BCUT2D eigenvalue weighted by Crippen LogP contribution is 2.23. The molecule has 0 aromatic heterocycles. The maximum atomic E-state index is 11.0. The fourth-order valence-electron chi connectivity index (χ4n) is 2.22. The van der Waals surface area contributed by atoms with Crippen molar-refractivity contribution < 1.29 is 14.6 Å². The van der Waals surface area contributed by atoms with Gasteiger partial charge in [0.25, 0.3) is 0 Å². The van der Waals surface area contributed by atoms with Crippen molar-refractivity contribution in [2.75, 3.05) is 18.5 Å². The molecule has 1 aliphatic rings. The van der Waals surface area contributed by atoms with Crippen molar-refractivity contribution in [1.82, 2.24) is 0 Å². The van der Waals surface area contributed by atoms with Gasteiger partial charge in [0.1, 0.15) is 0 Å². The lowest BCUT2D eigenvalue weighted by atomic mass is 9.99. The summed E-state index contributed by atoms with van der Waals surface area (Å²) in [6.07, 6.45) is 1.06. The molecule has 1 aromatic carbocycles. The molecule has 2 rings (SSSR count). The highest BCUT2D eigenvalue weighted by Gasteiger charge is 2.22. The number of ether oxygens (including phenoxy) is 1. The van der Waals surface area contributed by atoms with Crippen LogP contribution in [0.5, 0.6) is 0 Å². The average Bonchev–Trinajstić information content (AvgIpc) is 2.85. The molecule has 4 heteroatoms. The van der Waals surface area contributed by atoms with Crippen molar-refractivity contribution in [2.24, 2.45) is 5.92 Å². The summed E-state index contributed by atoms with van der Waals surface area (Å²) < 4.78 is 5.37. The number of anilines is 1. The Labute approximate surface area is 107 Å². The predicted octanol–water partition coefficient (Wildman–Crippen LogP) is 2.53. The molecule has 0 amide bonds. The van der Waals surface area contributed by atoms with Crippen LogP contribution >= 0.6 is 0 Å². The number of carbonyl (C=O) groups is 1. The number of aryl methyl sites for hydroxylation is 1. The molecule has 2 N–H and O–H groups in total. The van der Waals surface area contributed by atoms with E-state index >= 15 is 0 Å². The molecule has 98 valence electrons. The Morgan fingerprint density at radius 2 is 2.33 bits per heavy atom. The second-order valence-corrected chi connectivity index (χ2v) is 4.89. The second-order valence-electron chi connectivity index (χ2n) is 4.89. The van der Waals surface area contributed by atoms with Crippen LogP contribution in [-0.2, 0) is 4.74 Å². The molecule has 0 aliphatic carbocycles. The topological polar surface area (TPSA) is 58.6 Å². The van der Waals surface area contributed by atoms with E-state index in [4.69, 9.17) is 9.84 Å². The highest BCUT2D eigenvalue weighted by atomic mass is 16.5. The lowest BCUT2D eigenvalue weighted by Crippen LogP contribution is -2.26. The van der Waals surface area contributed by atoms with Crippen LogP contribution in [0.1, 0.15) is 29.3 Å². The zero-order valence-corrected chi connectivity index (χ0v) is 10.8. The largest absolute Gasteiger partial charge is 0.478 e. The van der Waals surface area contributed by atoms with Crippen LogP contribution in [0.3, 0.4) is 0 Å². The summed E-state index contributed by atoms with van der Waals surface area (Å²) in [5, 5.41) is 12.4. The number of hydrogen-bond donors (Lipinski definition) is 2. The van der Waals surface area contributed by atoms with Crippen molar-refractivity contribution in [3.05, 3.63) is 29.3 Å². The number of nitrogens with one attached hydrogen (secondary N) is 1. The maximum absolute atomic E-state index is 11.0. The van der Waals surface area contributed by atoms with Gasteiger partial charge in [0.2, 0.25) is 0 Å². The maximum Gasteiger partial charge on any atom is 0.335 e. The molecule has 1 heterocycles. The van der Waals surface area contributed by atoms with Gasteiger partial charge in [0.05, 0.1) is 12.2 Å². The first-order valence-electron chi connectivity index (χ1n) is 6.26. The minimum absolute atomic E-state index is 0.287. The first-order valence-corrected chi connectivity index (χ1v) is 6.26. The van der Waals surface area contributed by atoms with Gasteiger partial charge in [-0.1, -0.05) is 6.07 Å². The Morgan fingerprint density at radius 1 is 1.56 bits per heavy atom. The Morgan fingerprint density at radius 3 is 2.94 bits per heavy atom. The minimum Gasteiger partial charge on any atom is -0.478 e. The fraction of sp³-hybridized carbons (Fsp3) is 0.500. The molecule has 1 aromatic rings. The van der Waals surface area contributed by atoms with E-state index in [1.54, 1.807) is 12.1 Å². The van der Waals surface area contributed by atoms with Gasteiger partial charge in [-0.25, -0.2) is 4.79 Å². The van der Waals surface area contributed by atoms with Crippen molar-refractivity contribution in [2.45, 2.75) is 26.3 Å². The van der Waals surface area contributed by atoms with E-state index in [2.05, 4.69) is 12.2 Å². The Balaban J connectivity index is 2.12. The average molecular weight is 249 g/mol. The summed E-state index contributed by atoms with van der Waals surface area (Å²) >= 11 is 0. The third-order valence-corrected chi connectivity index (χ3v) is 3.54. The summed E-state index contributed by atoms with van der Waals surface area (Å²) in [4.78, 5) is 11.0. The lowest BCUT2D eigenvalue weighted by Gasteiger charge is -2.22. The van der Waals surface area contributed by atoms with Crippen LogP contribution in [0.15, 0.2) is 18.2 Å². The van der Waals surface area contributed by atoms with Crippen molar-refractivity contribution in [1.29, 1.82) is 0 Å². The van der Waals surface area contributed by atoms with Gasteiger partial charge in [-0.15, -0.1) is 0 Å².